The van der Waals surface area contributed by atoms with Gasteiger partial charge in [-0.25, -0.2) is 0 Å². The maximum absolute atomic E-state index is 11.4. The van der Waals surface area contributed by atoms with Crippen molar-refractivity contribution in [2.24, 2.45) is 7.05 Å². The minimum absolute atomic E-state index is 0.0534. The van der Waals surface area contributed by atoms with Gasteiger partial charge in [-0.1, -0.05) is 13.8 Å². The smallest absolute Gasteiger partial charge is 0.239 e. The quantitative estimate of drug-likeness (QED) is 0.731. The van der Waals surface area contributed by atoms with Gasteiger partial charge in [-0.05, 0) is 0 Å². The zero-order chi connectivity index (χ0) is 10.6. The first kappa shape index (κ1) is 10.7. The van der Waals surface area contributed by atoms with Gasteiger partial charge in [0, 0.05) is 19.2 Å². The molecule has 1 aromatic rings. The third-order valence-corrected chi connectivity index (χ3v) is 1.76. The SMILES string of the molecule is CC(C)NCC(=O)Nc1ccnn1C. The molecule has 0 aliphatic carbocycles. The van der Waals surface area contributed by atoms with Crippen LogP contribution >= 0.6 is 0 Å². The highest BCUT2D eigenvalue weighted by Gasteiger charge is 2.04. The summed E-state index contributed by atoms with van der Waals surface area (Å²) in [6.45, 7) is 4.32. The largest absolute Gasteiger partial charge is 0.310 e. The summed E-state index contributed by atoms with van der Waals surface area (Å²) in [5, 5.41) is 9.73. The van der Waals surface area contributed by atoms with Crippen LogP contribution in [0.4, 0.5) is 5.82 Å². The molecule has 0 aromatic carbocycles. The summed E-state index contributed by atoms with van der Waals surface area (Å²) in [7, 11) is 1.78. The van der Waals surface area contributed by atoms with E-state index in [9.17, 15) is 4.79 Å². The average Bonchev–Trinajstić information content (AvgIpc) is 2.49. The van der Waals surface area contributed by atoms with Crippen molar-refractivity contribution < 1.29 is 4.79 Å². The summed E-state index contributed by atoms with van der Waals surface area (Å²) < 4.78 is 1.62. The van der Waals surface area contributed by atoms with Gasteiger partial charge in [-0.2, -0.15) is 5.10 Å². The molecule has 1 amide bonds. The zero-order valence-corrected chi connectivity index (χ0v) is 8.74. The highest BCUT2D eigenvalue weighted by atomic mass is 16.2. The van der Waals surface area contributed by atoms with Crippen molar-refractivity contribution in [1.29, 1.82) is 0 Å². The number of carbonyl (C=O) groups is 1. The Morgan fingerprint density at radius 1 is 1.64 bits per heavy atom. The molecule has 5 nitrogen and oxygen atoms in total. The van der Waals surface area contributed by atoms with Crippen LogP contribution in [0.15, 0.2) is 12.3 Å². The Labute approximate surface area is 83.5 Å². The maximum atomic E-state index is 11.4. The number of nitrogens with one attached hydrogen (secondary N) is 2. The van der Waals surface area contributed by atoms with Crippen molar-refractivity contribution in [1.82, 2.24) is 15.1 Å². The van der Waals surface area contributed by atoms with Crippen molar-refractivity contribution >= 4 is 11.7 Å². The van der Waals surface area contributed by atoms with Crippen LogP contribution in [0, 0.1) is 0 Å². The first-order chi connectivity index (χ1) is 6.59. The third kappa shape index (κ3) is 3.18. The second-order valence-corrected chi connectivity index (χ2v) is 3.42. The molecule has 0 saturated heterocycles. The van der Waals surface area contributed by atoms with Crippen molar-refractivity contribution in [3.05, 3.63) is 12.3 Å². The van der Waals surface area contributed by atoms with Crippen LogP contribution in [0.5, 0.6) is 0 Å². The summed E-state index contributed by atoms with van der Waals surface area (Å²) in [5.74, 6) is 0.655. The predicted octanol–water partition coefficient (Wildman–Crippen LogP) is 0.357. The summed E-state index contributed by atoms with van der Waals surface area (Å²) in [6.07, 6.45) is 1.64. The third-order valence-electron chi connectivity index (χ3n) is 1.76. The van der Waals surface area contributed by atoms with Gasteiger partial charge in [0.15, 0.2) is 0 Å². The minimum Gasteiger partial charge on any atom is -0.310 e. The Morgan fingerprint density at radius 3 is 2.86 bits per heavy atom. The van der Waals surface area contributed by atoms with Crippen molar-refractivity contribution in [2.45, 2.75) is 19.9 Å². The van der Waals surface area contributed by atoms with E-state index >= 15 is 0 Å². The zero-order valence-electron chi connectivity index (χ0n) is 8.74. The highest BCUT2D eigenvalue weighted by Crippen LogP contribution is 2.02. The van der Waals surface area contributed by atoms with Gasteiger partial charge in [0.25, 0.3) is 0 Å². The molecule has 1 heterocycles. The number of rotatable bonds is 4. The summed E-state index contributed by atoms with van der Waals surface area (Å²) in [6, 6.07) is 2.07. The molecule has 0 radical (unpaired) electrons. The molecule has 0 fully saturated rings. The summed E-state index contributed by atoms with van der Waals surface area (Å²) in [4.78, 5) is 11.4. The lowest BCUT2D eigenvalue weighted by atomic mass is 10.4. The van der Waals surface area contributed by atoms with Crippen LogP contribution in [0.25, 0.3) is 0 Å². The molecule has 0 aliphatic heterocycles. The molecule has 2 N–H and O–H groups in total. The molecule has 0 aliphatic rings. The Kier molecular flexibility index (Phi) is 3.64. The van der Waals surface area contributed by atoms with E-state index in [0.29, 0.717) is 18.4 Å². The normalized spacial score (nSPS) is 10.6. The molecule has 0 spiro atoms. The molecule has 0 unspecified atom stereocenters. The van der Waals surface area contributed by atoms with E-state index in [4.69, 9.17) is 0 Å². The number of anilines is 1. The summed E-state index contributed by atoms with van der Waals surface area (Å²) >= 11 is 0. The fourth-order valence-electron chi connectivity index (χ4n) is 0.980. The lowest BCUT2D eigenvalue weighted by Crippen LogP contribution is -2.33. The number of hydrogen-bond acceptors (Lipinski definition) is 3. The van der Waals surface area contributed by atoms with E-state index in [1.807, 2.05) is 13.8 Å². The number of hydrogen-bond donors (Lipinski definition) is 2. The van der Waals surface area contributed by atoms with Gasteiger partial charge in [-0.3, -0.25) is 9.48 Å². The summed E-state index contributed by atoms with van der Waals surface area (Å²) in [5.41, 5.74) is 0. The number of carbonyl (C=O) groups excluding carboxylic acids is 1. The predicted molar refractivity (Wildman–Crippen MR) is 55.0 cm³/mol. The van der Waals surface area contributed by atoms with E-state index in [2.05, 4.69) is 15.7 Å². The second-order valence-electron chi connectivity index (χ2n) is 3.42. The molecule has 0 atom stereocenters. The van der Waals surface area contributed by atoms with Crippen LogP contribution in [0.2, 0.25) is 0 Å². The average molecular weight is 196 g/mol. The minimum atomic E-state index is -0.0534. The van der Waals surface area contributed by atoms with Crippen LogP contribution in [-0.4, -0.2) is 28.3 Å². The van der Waals surface area contributed by atoms with Crippen LogP contribution in [0.1, 0.15) is 13.8 Å². The molecule has 1 aromatic heterocycles. The number of aromatic nitrogens is 2. The second kappa shape index (κ2) is 4.76. The van der Waals surface area contributed by atoms with Gasteiger partial charge in [0.05, 0.1) is 12.7 Å². The molecule has 14 heavy (non-hydrogen) atoms. The molecule has 0 bridgehead atoms. The lowest BCUT2D eigenvalue weighted by molar-refractivity contribution is -0.115. The van der Waals surface area contributed by atoms with E-state index in [-0.39, 0.29) is 5.91 Å². The van der Waals surface area contributed by atoms with Crippen molar-refractivity contribution in [3.8, 4) is 0 Å². The first-order valence-corrected chi connectivity index (χ1v) is 4.61. The van der Waals surface area contributed by atoms with Crippen LogP contribution in [-0.2, 0) is 11.8 Å². The van der Waals surface area contributed by atoms with Crippen LogP contribution < -0.4 is 10.6 Å². The number of amides is 1. The van der Waals surface area contributed by atoms with E-state index in [1.165, 1.54) is 0 Å². The molecule has 1 rings (SSSR count). The Morgan fingerprint density at radius 2 is 2.36 bits per heavy atom. The van der Waals surface area contributed by atoms with Gasteiger partial charge < -0.3 is 10.6 Å². The van der Waals surface area contributed by atoms with Crippen molar-refractivity contribution in [3.63, 3.8) is 0 Å². The fraction of sp³-hybridized carbons (Fsp3) is 0.556. The maximum Gasteiger partial charge on any atom is 0.239 e. The highest BCUT2D eigenvalue weighted by molar-refractivity contribution is 5.91. The van der Waals surface area contributed by atoms with Crippen LogP contribution in [0.3, 0.4) is 0 Å². The topological polar surface area (TPSA) is 59.0 Å². The standard InChI is InChI=1S/C9H16N4O/c1-7(2)10-6-9(14)12-8-4-5-11-13(8)3/h4-5,7,10H,6H2,1-3H3,(H,12,14). The molecular formula is C9H16N4O. The van der Waals surface area contributed by atoms with E-state index in [1.54, 1.807) is 24.0 Å². The van der Waals surface area contributed by atoms with Gasteiger partial charge >= 0.3 is 0 Å². The first-order valence-electron chi connectivity index (χ1n) is 4.61. The lowest BCUT2D eigenvalue weighted by Gasteiger charge is -2.08. The van der Waals surface area contributed by atoms with Gasteiger partial charge in [-0.15, -0.1) is 0 Å². The Balaban J connectivity index is 2.38. The monoisotopic (exact) mass is 196 g/mol. The number of nitrogens with zero attached hydrogens (tertiary/aromatic N) is 2. The Hall–Kier alpha value is -1.36. The van der Waals surface area contributed by atoms with E-state index in [0.717, 1.165) is 0 Å². The molecule has 0 saturated carbocycles. The fourth-order valence-corrected chi connectivity index (χ4v) is 0.980. The molecular weight excluding hydrogens is 180 g/mol. The number of aryl methyl sites for hydroxylation is 1. The van der Waals surface area contributed by atoms with Crippen molar-refractivity contribution in [2.75, 3.05) is 11.9 Å². The molecule has 78 valence electrons. The Bertz CT molecular complexity index is 306. The molecule has 5 heteroatoms. The van der Waals surface area contributed by atoms with Gasteiger partial charge in [0.1, 0.15) is 5.82 Å². The van der Waals surface area contributed by atoms with E-state index < -0.39 is 0 Å². The van der Waals surface area contributed by atoms with Gasteiger partial charge in [0.2, 0.25) is 5.91 Å².